The van der Waals surface area contributed by atoms with Gasteiger partial charge >= 0.3 is 0 Å². The molecular weight excluding hydrogens is 367 g/mol. The van der Waals surface area contributed by atoms with Crippen molar-refractivity contribution in [3.8, 4) is 5.75 Å². The summed E-state index contributed by atoms with van der Waals surface area (Å²) in [5, 5.41) is 4.43. The van der Waals surface area contributed by atoms with E-state index in [2.05, 4.69) is 10.5 Å². The summed E-state index contributed by atoms with van der Waals surface area (Å²) in [5.41, 5.74) is 4.03. The zero-order valence-corrected chi connectivity index (χ0v) is 15.0. The molecule has 1 N–H and O–H groups in total. The van der Waals surface area contributed by atoms with Crippen LogP contribution >= 0.6 is 11.6 Å². The van der Waals surface area contributed by atoms with E-state index in [1.54, 1.807) is 66.7 Å². The van der Waals surface area contributed by atoms with Crippen molar-refractivity contribution in [2.45, 2.75) is 6.61 Å². The Morgan fingerprint density at radius 3 is 2.44 bits per heavy atom. The number of carbonyl (C=O) groups is 1. The first kappa shape index (κ1) is 18.6. The van der Waals surface area contributed by atoms with Crippen molar-refractivity contribution in [1.82, 2.24) is 5.43 Å². The van der Waals surface area contributed by atoms with Crippen molar-refractivity contribution in [1.29, 1.82) is 0 Å². The minimum Gasteiger partial charge on any atom is -0.489 e. The molecule has 3 aromatic rings. The van der Waals surface area contributed by atoms with E-state index in [1.165, 1.54) is 12.3 Å². The number of carbonyl (C=O) groups excluding carboxylic acids is 1. The lowest BCUT2D eigenvalue weighted by molar-refractivity contribution is 0.0955. The molecule has 6 heteroatoms. The highest BCUT2D eigenvalue weighted by atomic mass is 35.5. The van der Waals surface area contributed by atoms with Crippen LogP contribution in [0.2, 0.25) is 5.02 Å². The highest BCUT2D eigenvalue weighted by Crippen LogP contribution is 2.17. The van der Waals surface area contributed by atoms with Gasteiger partial charge in [0.1, 0.15) is 18.2 Å². The Kier molecular flexibility index (Phi) is 6.18. The fraction of sp³-hybridized carbons (Fsp3) is 0.0476. The minimum atomic E-state index is -0.402. The normalized spacial score (nSPS) is 10.7. The Morgan fingerprint density at radius 2 is 1.74 bits per heavy atom. The van der Waals surface area contributed by atoms with Gasteiger partial charge in [-0.2, -0.15) is 5.10 Å². The fourth-order valence-electron chi connectivity index (χ4n) is 2.25. The summed E-state index contributed by atoms with van der Waals surface area (Å²) in [4.78, 5) is 12.1. The van der Waals surface area contributed by atoms with Gasteiger partial charge in [0.15, 0.2) is 0 Å². The van der Waals surface area contributed by atoms with Crippen LogP contribution < -0.4 is 10.2 Å². The predicted molar refractivity (Wildman–Crippen MR) is 104 cm³/mol. The Hall–Kier alpha value is -3.18. The van der Waals surface area contributed by atoms with E-state index in [4.69, 9.17) is 16.3 Å². The van der Waals surface area contributed by atoms with E-state index in [9.17, 15) is 9.18 Å². The molecule has 0 saturated carbocycles. The molecule has 3 aromatic carbocycles. The maximum atomic E-state index is 13.5. The second-order valence-corrected chi connectivity index (χ2v) is 6.10. The summed E-state index contributed by atoms with van der Waals surface area (Å²) in [7, 11) is 0. The number of hydrogen-bond donors (Lipinski definition) is 1. The Labute approximate surface area is 161 Å². The van der Waals surface area contributed by atoms with Crippen LogP contribution in [0.1, 0.15) is 21.5 Å². The highest BCUT2D eigenvalue weighted by Gasteiger charge is 2.05. The smallest absolute Gasteiger partial charge is 0.271 e. The monoisotopic (exact) mass is 382 g/mol. The van der Waals surface area contributed by atoms with Gasteiger partial charge in [-0.3, -0.25) is 4.79 Å². The molecule has 0 bridgehead atoms. The third-order valence-electron chi connectivity index (χ3n) is 3.71. The first-order valence-electron chi connectivity index (χ1n) is 8.17. The molecule has 3 rings (SSSR count). The van der Waals surface area contributed by atoms with Crippen LogP contribution in [0.15, 0.2) is 77.9 Å². The van der Waals surface area contributed by atoms with Gasteiger partial charge in [-0.15, -0.1) is 0 Å². The number of benzene rings is 3. The lowest BCUT2D eigenvalue weighted by Gasteiger charge is -2.07. The average molecular weight is 383 g/mol. The topological polar surface area (TPSA) is 50.7 Å². The van der Waals surface area contributed by atoms with Gasteiger partial charge in [0.25, 0.3) is 5.91 Å². The second-order valence-electron chi connectivity index (χ2n) is 5.66. The number of amides is 1. The molecule has 0 saturated heterocycles. The Bertz CT molecular complexity index is 941. The molecule has 0 aliphatic rings. The lowest BCUT2D eigenvalue weighted by Crippen LogP contribution is -2.17. The molecule has 0 aromatic heterocycles. The largest absolute Gasteiger partial charge is 0.489 e. The summed E-state index contributed by atoms with van der Waals surface area (Å²) < 4.78 is 19.1. The third kappa shape index (κ3) is 5.39. The lowest BCUT2D eigenvalue weighted by atomic mass is 10.1. The molecule has 4 nitrogen and oxygen atoms in total. The van der Waals surface area contributed by atoms with Crippen LogP contribution in [-0.4, -0.2) is 12.1 Å². The molecule has 0 aliphatic heterocycles. The maximum Gasteiger partial charge on any atom is 0.271 e. The summed E-state index contributed by atoms with van der Waals surface area (Å²) >= 11 is 5.83. The summed E-state index contributed by atoms with van der Waals surface area (Å²) in [5.74, 6) is -0.0722. The van der Waals surface area contributed by atoms with E-state index in [0.29, 0.717) is 28.5 Å². The van der Waals surface area contributed by atoms with Crippen LogP contribution in [-0.2, 0) is 6.61 Å². The summed E-state index contributed by atoms with van der Waals surface area (Å²) in [6, 6.07) is 20.2. The van der Waals surface area contributed by atoms with Crippen LogP contribution in [0, 0.1) is 5.82 Å². The highest BCUT2D eigenvalue weighted by molar-refractivity contribution is 6.30. The van der Waals surface area contributed by atoms with Crippen molar-refractivity contribution >= 4 is 23.7 Å². The predicted octanol–water partition coefficient (Wildman–Crippen LogP) is 4.82. The van der Waals surface area contributed by atoms with Crippen molar-refractivity contribution < 1.29 is 13.9 Å². The van der Waals surface area contributed by atoms with Gasteiger partial charge in [0, 0.05) is 16.1 Å². The summed E-state index contributed by atoms with van der Waals surface area (Å²) in [6.45, 7) is 0.370. The van der Waals surface area contributed by atoms with E-state index >= 15 is 0 Å². The molecule has 0 fully saturated rings. The van der Waals surface area contributed by atoms with Crippen LogP contribution in [0.25, 0.3) is 0 Å². The van der Waals surface area contributed by atoms with Crippen LogP contribution in [0.3, 0.4) is 0 Å². The molecule has 1 amide bonds. The van der Waals surface area contributed by atoms with Crippen molar-refractivity contribution in [2.75, 3.05) is 0 Å². The van der Waals surface area contributed by atoms with Gasteiger partial charge in [0.05, 0.1) is 6.21 Å². The first-order valence-corrected chi connectivity index (χ1v) is 8.55. The number of rotatable bonds is 6. The van der Waals surface area contributed by atoms with E-state index in [1.807, 2.05) is 0 Å². The third-order valence-corrected chi connectivity index (χ3v) is 3.96. The number of nitrogens with one attached hydrogen (secondary N) is 1. The second kappa shape index (κ2) is 8.96. The fourth-order valence-corrected chi connectivity index (χ4v) is 2.38. The SMILES string of the molecule is O=C(N/N=C/c1ccccc1F)c1ccc(COc2ccc(Cl)cc2)cc1. The van der Waals surface area contributed by atoms with E-state index in [-0.39, 0.29) is 5.91 Å². The molecule has 0 spiro atoms. The zero-order chi connectivity index (χ0) is 19.1. The molecule has 0 radical (unpaired) electrons. The van der Waals surface area contributed by atoms with Crippen LogP contribution in [0.5, 0.6) is 5.75 Å². The number of hydrogen-bond acceptors (Lipinski definition) is 3. The molecular formula is C21H16ClFN2O2. The van der Waals surface area contributed by atoms with Gasteiger partial charge in [-0.05, 0) is 48.0 Å². The van der Waals surface area contributed by atoms with Gasteiger partial charge in [-0.1, -0.05) is 41.9 Å². The quantitative estimate of drug-likeness (QED) is 0.490. The molecule has 0 aliphatic carbocycles. The van der Waals surface area contributed by atoms with Crippen molar-refractivity contribution in [3.63, 3.8) is 0 Å². The number of halogens is 2. The van der Waals surface area contributed by atoms with Gasteiger partial charge < -0.3 is 4.74 Å². The number of nitrogens with zero attached hydrogens (tertiary/aromatic N) is 1. The minimum absolute atomic E-state index is 0.299. The van der Waals surface area contributed by atoms with Gasteiger partial charge in [-0.25, -0.2) is 9.82 Å². The molecule has 0 atom stereocenters. The van der Waals surface area contributed by atoms with Crippen LogP contribution in [0.4, 0.5) is 4.39 Å². The maximum absolute atomic E-state index is 13.5. The zero-order valence-electron chi connectivity index (χ0n) is 14.2. The Balaban J connectivity index is 1.54. The van der Waals surface area contributed by atoms with E-state index in [0.717, 1.165) is 5.56 Å². The van der Waals surface area contributed by atoms with Crippen molar-refractivity contribution in [3.05, 3.63) is 100 Å². The molecule has 136 valence electrons. The number of ether oxygens (including phenoxy) is 1. The van der Waals surface area contributed by atoms with Gasteiger partial charge in [0.2, 0.25) is 0 Å². The molecule has 0 unspecified atom stereocenters. The number of hydrazone groups is 1. The first-order chi connectivity index (χ1) is 13.1. The summed E-state index contributed by atoms with van der Waals surface area (Å²) in [6.07, 6.45) is 1.27. The molecule has 0 heterocycles. The standard InChI is InChI=1S/C21H16ClFN2O2/c22-18-9-11-19(12-10-18)27-14-15-5-7-16(8-6-15)21(26)25-24-13-17-3-1-2-4-20(17)23/h1-13H,14H2,(H,25,26)/b24-13+. The Morgan fingerprint density at radius 1 is 1.04 bits per heavy atom. The molecule has 27 heavy (non-hydrogen) atoms. The van der Waals surface area contributed by atoms with E-state index < -0.39 is 5.82 Å². The van der Waals surface area contributed by atoms with Crippen molar-refractivity contribution in [2.24, 2.45) is 5.10 Å². The average Bonchev–Trinajstić information content (AvgIpc) is 2.69.